The molecule has 0 unspecified atom stereocenters. The van der Waals surface area contributed by atoms with Crippen LogP contribution in [0.3, 0.4) is 0 Å². The number of hydrogen-bond acceptors (Lipinski definition) is 5. The summed E-state index contributed by atoms with van der Waals surface area (Å²) >= 11 is 6.09. The van der Waals surface area contributed by atoms with E-state index in [0.29, 0.717) is 5.75 Å². The maximum absolute atomic E-state index is 12.3. The average Bonchev–Trinajstić information content (AvgIpc) is 2.71. The van der Waals surface area contributed by atoms with Crippen molar-refractivity contribution in [1.82, 2.24) is 5.43 Å². The molecule has 0 saturated heterocycles. The SMILES string of the molecule is COc1ccc(N(CC(=O)N/N=C\c2cccc3ccccc23)S(C)(=O)=O)cc1Cl. The molecule has 0 spiro atoms. The van der Waals surface area contributed by atoms with Gasteiger partial charge in [-0.2, -0.15) is 5.10 Å². The number of methoxy groups -OCH3 is 1. The van der Waals surface area contributed by atoms with E-state index in [4.69, 9.17) is 16.3 Å². The Hall–Kier alpha value is -3.10. The molecule has 0 heterocycles. The molecule has 30 heavy (non-hydrogen) atoms. The number of amides is 1. The van der Waals surface area contributed by atoms with Gasteiger partial charge < -0.3 is 4.74 Å². The number of benzene rings is 3. The van der Waals surface area contributed by atoms with Crippen LogP contribution in [0.25, 0.3) is 10.8 Å². The van der Waals surface area contributed by atoms with Gasteiger partial charge in [-0.15, -0.1) is 0 Å². The number of rotatable bonds is 7. The van der Waals surface area contributed by atoms with E-state index in [1.807, 2.05) is 42.5 Å². The van der Waals surface area contributed by atoms with Crippen LogP contribution < -0.4 is 14.5 Å². The highest BCUT2D eigenvalue weighted by Crippen LogP contribution is 2.30. The van der Waals surface area contributed by atoms with E-state index < -0.39 is 22.5 Å². The summed E-state index contributed by atoms with van der Waals surface area (Å²) in [7, 11) is -2.28. The van der Waals surface area contributed by atoms with Crippen LogP contribution >= 0.6 is 11.6 Å². The van der Waals surface area contributed by atoms with E-state index in [9.17, 15) is 13.2 Å². The summed E-state index contributed by atoms with van der Waals surface area (Å²) in [5.41, 5.74) is 3.45. The molecule has 0 aliphatic rings. The predicted molar refractivity (Wildman–Crippen MR) is 120 cm³/mol. The summed E-state index contributed by atoms with van der Waals surface area (Å²) in [6, 6.07) is 18.0. The standard InChI is InChI=1S/C21H20ClN3O4S/c1-29-20-11-10-17(12-19(20)22)25(30(2,27)28)14-21(26)24-23-13-16-8-5-7-15-6-3-4-9-18(15)16/h3-13H,14H2,1-2H3,(H,24,26)/b23-13-. The van der Waals surface area contributed by atoms with Gasteiger partial charge >= 0.3 is 0 Å². The van der Waals surface area contributed by atoms with E-state index in [1.165, 1.54) is 31.5 Å². The first kappa shape index (κ1) is 21.6. The van der Waals surface area contributed by atoms with Gasteiger partial charge in [-0.3, -0.25) is 9.10 Å². The molecule has 1 amide bonds. The Bertz CT molecular complexity index is 1210. The van der Waals surface area contributed by atoms with Crippen LogP contribution in [-0.2, 0) is 14.8 Å². The minimum absolute atomic E-state index is 0.234. The number of nitrogens with zero attached hydrogens (tertiary/aromatic N) is 2. The number of anilines is 1. The molecule has 9 heteroatoms. The van der Waals surface area contributed by atoms with Gasteiger partial charge in [0.05, 0.1) is 30.3 Å². The lowest BCUT2D eigenvalue weighted by Crippen LogP contribution is -2.39. The maximum Gasteiger partial charge on any atom is 0.260 e. The van der Waals surface area contributed by atoms with Crippen LogP contribution in [0.5, 0.6) is 5.75 Å². The van der Waals surface area contributed by atoms with Gasteiger partial charge in [-0.1, -0.05) is 54.1 Å². The molecule has 156 valence electrons. The molecular formula is C21H20ClN3O4S. The largest absolute Gasteiger partial charge is 0.495 e. The van der Waals surface area contributed by atoms with Crippen molar-refractivity contribution in [3.63, 3.8) is 0 Å². The molecule has 0 radical (unpaired) electrons. The summed E-state index contributed by atoms with van der Waals surface area (Å²) in [6.07, 6.45) is 2.53. The number of nitrogens with one attached hydrogen (secondary N) is 1. The number of carbonyl (C=O) groups is 1. The Labute approximate surface area is 180 Å². The Morgan fingerprint density at radius 1 is 1.17 bits per heavy atom. The average molecular weight is 446 g/mol. The summed E-state index contributed by atoms with van der Waals surface area (Å²) in [5, 5.41) is 6.25. The number of ether oxygens (including phenoxy) is 1. The monoisotopic (exact) mass is 445 g/mol. The van der Waals surface area contributed by atoms with E-state index in [1.54, 1.807) is 0 Å². The molecule has 0 fully saturated rings. The van der Waals surface area contributed by atoms with E-state index in [-0.39, 0.29) is 10.7 Å². The fraction of sp³-hybridized carbons (Fsp3) is 0.143. The Balaban J connectivity index is 1.75. The number of hydrogen-bond donors (Lipinski definition) is 1. The van der Waals surface area contributed by atoms with Crippen LogP contribution in [-0.4, -0.2) is 40.4 Å². The molecule has 0 aliphatic heterocycles. The first-order valence-electron chi connectivity index (χ1n) is 8.90. The Morgan fingerprint density at radius 3 is 2.60 bits per heavy atom. The van der Waals surface area contributed by atoms with Gasteiger partial charge in [-0.25, -0.2) is 13.8 Å². The maximum atomic E-state index is 12.3. The van der Waals surface area contributed by atoms with E-state index >= 15 is 0 Å². The van der Waals surface area contributed by atoms with E-state index in [2.05, 4.69) is 10.5 Å². The van der Waals surface area contributed by atoms with Crippen LogP contribution in [0.15, 0.2) is 65.8 Å². The second-order valence-electron chi connectivity index (χ2n) is 6.45. The minimum Gasteiger partial charge on any atom is -0.495 e. The second-order valence-corrected chi connectivity index (χ2v) is 8.76. The van der Waals surface area contributed by atoms with Crippen molar-refractivity contribution in [3.05, 3.63) is 71.2 Å². The molecule has 0 aromatic heterocycles. The third kappa shape index (κ3) is 5.08. The number of fused-ring (bicyclic) bond motifs is 1. The molecule has 0 atom stereocenters. The fourth-order valence-electron chi connectivity index (χ4n) is 2.91. The lowest BCUT2D eigenvalue weighted by atomic mass is 10.1. The van der Waals surface area contributed by atoms with Crippen LogP contribution in [0.1, 0.15) is 5.56 Å². The van der Waals surface area contributed by atoms with Crippen LogP contribution in [0.4, 0.5) is 5.69 Å². The number of hydrazone groups is 1. The molecule has 3 aromatic rings. The number of halogens is 1. The van der Waals surface area contributed by atoms with Crippen molar-refractivity contribution in [1.29, 1.82) is 0 Å². The molecular weight excluding hydrogens is 426 g/mol. The van der Waals surface area contributed by atoms with Gasteiger partial charge in [-0.05, 0) is 29.0 Å². The summed E-state index contributed by atoms with van der Waals surface area (Å²) in [6.45, 7) is -0.450. The van der Waals surface area contributed by atoms with Gasteiger partial charge in [0.15, 0.2) is 0 Å². The molecule has 0 bridgehead atoms. The van der Waals surface area contributed by atoms with Crippen molar-refractivity contribution < 1.29 is 17.9 Å². The first-order valence-corrected chi connectivity index (χ1v) is 11.1. The molecule has 0 saturated carbocycles. The molecule has 3 rings (SSSR count). The van der Waals surface area contributed by atoms with E-state index in [0.717, 1.165) is 26.9 Å². The second kappa shape index (κ2) is 9.15. The first-order chi connectivity index (χ1) is 14.3. The lowest BCUT2D eigenvalue weighted by molar-refractivity contribution is -0.119. The third-order valence-electron chi connectivity index (χ3n) is 4.33. The van der Waals surface area contributed by atoms with Crippen molar-refractivity contribution in [2.75, 3.05) is 24.2 Å². The zero-order valence-electron chi connectivity index (χ0n) is 16.4. The highest BCUT2D eigenvalue weighted by atomic mass is 35.5. The highest BCUT2D eigenvalue weighted by Gasteiger charge is 2.21. The van der Waals surface area contributed by atoms with Crippen molar-refractivity contribution in [2.24, 2.45) is 5.10 Å². The fourth-order valence-corrected chi connectivity index (χ4v) is 4.01. The zero-order chi connectivity index (χ0) is 21.7. The quantitative estimate of drug-likeness (QED) is 0.446. The zero-order valence-corrected chi connectivity index (χ0v) is 17.9. The summed E-state index contributed by atoms with van der Waals surface area (Å²) < 4.78 is 30.4. The number of carbonyl (C=O) groups excluding carboxylic acids is 1. The number of sulfonamides is 1. The third-order valence-corrected chi connectivity index (χ3v) is 5.76. The minimum atomic E-state index is -3.73. The van der Waals surface area contributed by atoms with Gasteiger partial charge in [0.25, 0.3) is 5.91 Å². The van der Waals surface area contributed by atoms with Gasteiger partial charge in [0, 0.05) is 5.56 Å². The van der Waals surface area contributed by atoms with Crippen molar-refractivity contribution in [2.45, 2.75) is 0 Å². The topological polar surface area (TPSA) is 88.1 Å². The molecule has 7 nitrogen and oxygen atoms in total. The van der Waals surface area contributed by atoms with Crippen molar-refractivity contribution in [3.8, 4) is 5.75 Å². The highest BCUT2D eigenvalue weighted by molar-refractivity contribution is 7.92. The summed E-state index contributed by atoms with van der Waals surface area (Å²) in [4.78, 5) is 12.3. The molecule has 3 aromatic carbocycles. The van der Waals surface area contributed by atoms with Gasteiger partial charge in [0.2, 0.25) is 10.0 Å². The Morgan fingerprint density at radius 2 is 1.90 bits per heavy atom. The smallest absolute Gasteiger partial charge is 0.260 e. The van der Waals surface area contributed by atoms with Crippen LogP contribution in [0, 0.1) is 0 Å². The normalized spacial score (nSPS) is 11.6. The van der Waals surface area contributed by atoms with Gasteiger partial charge in [0.1, 0.15) is 12.3 Å². The predicted octanol–water partition coefficient (Wildman–Crippen LogP) is 3.42. The molecule has 0 aliphatic carbocycles. The molecule has 1 N–H and O–H groups in total. The lowest BCUT2D eigenvalue weighted by Gasteiger charge is -2.22. The van der Waals surface area contributed by atoms with Crippen LogP contribution in [0.2, 0.25) is 5.02 Å². The summed E-state index contributed by atoms with van der Waals surface area (Å²) in [5.74, 6) is -0.193. The Kier molecular flexibility index (Phi) is 6.59. The van der Waals surface area contributed by atoms with Crippen molar-refractivity contribution >= 4 is 50.2 Å².